The molecular formula is C17H20N3O8PS3. The molecule has 0 atom stereocenters. The number of hydrogen-bond donors (Lipinski definition) is 4. The van der Waals surface area contributed by atoms with Gasteiger partial charge >= 0.3 is 7.60 Å². The van der Waals surface area contributed by atoms with E-state index in [1.54, 1.807) is 24.3 Å². The molecule has 32 heavy (non-hydrogen) atoms. The number of fused-ring (bicyclic) bond motifs is 1. The molecule has 0 fully saturated rings. The third kappa shape index (κ3) is 6.72. The van der Waals surface area contributed by atoms with Crippen molar-refractivity contribution in [2.24, 2.45) is 0 Å². The summed E-state index contributed by atoms with van der Waals surface area (Å²) in [4.78, 5) is 21.6. The molecule has 2 heterocycles. The molecule has 0 aliphatic heterocycles. The summed E-state index contributed by atoms with van der Waals surface area (Å²) < 4.78 is 66.4. The van der Waals surface area contributed by atoms with Gasteiger partial charge in [-0.05, 0) is 41.8 Å². The largest absolute Gasteiger partial charge is 0.492 e. The van der Waals surface area contributed by atoms with Gasteiger partial charge in [-0.25, -0.2) is 21.8 Å². The molecule has 0 bridgehead atoms. The monoisotopic (exact) mass is 521 g/mol. The topological polar surface area (TPSA) is 172 Å². The molecule has 0 aliphatic rings. The smallest absolute Gasteiger partial charge is 0.340 e. The maximum Gasteiger partial charge on any atom is 0.340 e. The quantitative estimate of drug-likeness (QED) is 0.227. The highest BCUT2D eigenvalue weighted by Gasteiger charge is 2.22. The first kappa shape index (κ1) is 24.6. The first-order valence-corrected chi connectivity index (χ1v) is 14.9. The summed E-state index contributed by atoms with van der Waals surface area (Å²) in [7, 11) is -11.9. The second-order valence-electron chi connectivity index (χ2n) is 6.67. The van der Waals surface area contributed by atoms with Crippen LogP contribution in [-0.2, 0) is 24.4 Å². The highest BCUT2D eigenvalue weighted by molar-refractivity contribution is 7.92. The maximum absolute atomic E-state index is 12.2. The van der Waals surface area contributed by atoms with Crippen molar-refractivity contribution in [1.29, 1.82) is 0 Å². The number of anilines is 1. The van der Waals surface area contributed by atoms with E-state index in [2.05, 4.69) is 10.3 Å². The number of sulfone groups is 1. The number of hydrogen-bond acceptors (Lipinski definition) is 9. The summed E-state index contributed by atoms with van der Waals surface area (Å²) in [6, 6.07) is 9.45. The van der Waals surface area contributed by atoms with Crippen LogP contribution in [0.1, 0.15) is 0 Å². The van der Waals surface area contributed by atoms with Gasteiger partial charge in [0.05, 0.1) is 11.9 Å². The summed E-state index contributed by atoms with van der Waals surface area (Å²) in [5, 5.41) is 3.65. The number of nitrogens with one attached hydrogen (secondary N) is 2. The number of thiophene rings is 1. The average molecular weight is 522 g/mol. The predicted octanol–water partition coefficient (Wildman–Crippen LogP) is 1.60. The van der Waals surface area contributed by atoms with E-state index in [0.29, 0.717) is 28.1 Å². The van der Waals surface area contributed by atoms with Crippen molar-refractivity contribution >= 4 is 54.6 Å². The van der Waals surface area contributed by atoms with Crippen LogP contribution < -0.4 is 14.8 Å². The van der Waals surface area contributed by atoms with Crippen LogP contribution in [0.15, 0.2) is 51.8 Å². The molecule has 0 spiro atoms. The van der Waals surface area contributed by atoms with E-state index in [9.17, 15) is 21.4 Å². The zero-order chi connectivity index (χ0) is 23.6. The molecule has 0 saturated heterocycles. The van der Waals surface area contributed by atoms with Crippen LogP contribution in [0.25, 0.3) is 10.1 Å². The Morgan fingerprint density at radius 3 is 2.50 bits per heavy atom. The standard InChI is InChI=1S/C17H20N3O8PS3/c1-31(24,25)16-5-2-13(10-19-16)18-6-7-28-14-3-4-15-12(8-14)9-17(30-15)32(26,27)20-11-29(21,22)23/h2-5,8-10,18,20H,6-7,11H2,1H3,(H2,21,22,23). The lowest BCUT2D eigenvalue weighted by Crippen LogP contribution is -2.23. The average Bonchev–Trinajstić information content (AvgIpc) is 3.13. The van der Waals surface area contributed by atoms with Crippen molar-refractivity contribution in [1.82, 2.24) is 9.71 Å². The fourth-order valence-corrected chi connectivity index (χ4v) is 6.52. The molecule has 4 N–H and O–H groups in total. The van der Waals surface area contributed by atoms with Gasteiger partial charge in [0, 0.05) is 17.5 Å². The predicted molar refractivity (Wildman–Crippen MR) is 120 cm³/mol. The van der Waals surface area contributed by atoms with Gasteiger partial charge in [-0.2, -0.15) is 4.72 Å². The molecule has 0 radical (unpaired) electrons. The maximum atomic E-state index is 12.2. The second-order valence-corrected chi connectivity index (χ2v) is 13.4. The van der Waals surface area contributed by atoms with Gasteiger partial charge in [-0.15, -0.1) is 11.3 Å². The Kier molecular flexibility index (Phi) is 7.25. The van der Waals surface area contributed by atoms with E-state index < -0.39 is 33.7 Å². The van der Waals surface area contributed by atoms with Crippen molar-refractivity contribution < 1.29 is 35.9 Å². The van der Waals surface area contributed by atoms with Gasteiger partial charge in [-0.1, -0.05) is 0 Å². The Bertz CT molecular complexity index is 1370. The number of nitrogens with zero attached hydrogens (tertiary/aromatic N) is 1. The van der Waals surface area contributed by atoms with Crippen molar-refractivity contribution in [2.75, 3.05) is 31.0 Å². The minimum Gasteiger partial charge on any atom is -0.492 e. The molecule has 0 amide bonds. The van der Waals surface area contributed by atoms with Crippen molar-refractivity contribution in [3.8, 4) is 5.75 Å². The van der Waals surface area contributed by atoms with E-state index >= 15 is 0 Å². The van der Waals surface area contributed by atoms with Gasteiger partial charge in [0.2, 0.25) is 0 Å². The molecular weight excluding hydrogens is 501 g/mol. The third-order valence-electron chi connectivity index (χ3n) is 4.01. The van der Waals surface area contributed by atoms with Crippen LogP contribution in [0, 0.1) is 0 Å². The van der Waals surface area contributed by atoms with Gasteiger partial charge in [-0.3, -0.25) is 4.57 Å². The summed E-state index contributed by atoms with van der Waals surface area (Å²) in [6.07, 6.45) is 1.52. The lowest BCUT2D eigenvalue weighted by molar-refractivity contribution is 0.333. The Labute approximate surface area is 188 Å². The van der Waals surface area contributed by atoms with Gasteiger partial charge in [0.15, 0.2) is 14.9 Å². The molecule has 0 aliphatic carbocycles. The Morgan fingerprint density at radius 1 is 1.12 bits per heavy atom. The number of sulfonamides is 1. The first-order chi connectivity index (χ1) is 14.8. The number of ether oxygens (including phenoxy) is 1. The highest BCUT2D eigenvalue weighted by atomic mass is 32.2. The normalized spacial score (nSPS) is 12.7. The van der Waals surface area contributed by atoms with Crippen LogP contribution in [-0.4, -0.2) is 57.3 Å². The lowest BCUT2D eigenvalue weighted by atomic mass is 10.2. The lowest BCUT2D eigenvalue weighted by Gasteiger charge is -2.09. The van der Waals surface area contributed by atoms with Gasteiger partial charge < -0.3 is 19.8 Å². The molecule has 0 unspecified atom stereocenters. The Hall–Kier alpha value is -2.06. The summed E-state index contributed by atoms with van der Waals surface area (Å²) >= 11 is 0.971. The van der Waals surface area contributed by atoms with E-state index in [0.717, 1.165) is 17.6 Å². The number of aromatic nitrogens is 1. The number of pyridine rings is 1. The molecule has 2 aromatic heterocycles. The van der Waals surface area contributed by atoms with Crippen LogP contribution in [0.4, 0.5) is 5.69 Å². The zero-order valence-corrected chi connectivity index (χ0v) is 20.0. The molecule has 11 nitrogen and oxygen atoms in total. The van der Waals surface area contributed by atoms with Crippen molar-refractivity contribution in [2.45, 2.75) is 9.24 Å². The molecule has 3 aromatic rings. The van der Waals surface area contributed by atoms with Gasteiger partial charge in [0.1, 0.15) is 22.9 Å². The highest BCUT2D eigenvalue weighted by Crippen LogP contribution is 2.35. The van der Waals surface area contributed by atoms with E-state index in [-0.39, 0.29) is 15.8 Å². The molecule has 1 aromatic carbocycles. The van der Waals surface area contributed by atoms with Crippen LogP contribution >= 0.6 is 18.9 Å². The van der Waals surface area contributed by atoms with Crippen LogP contribution in [0.2, 0.25) is 0 Å². The van der Waals surface area contributed by atoms with E-state index in [1.165, 1.54) is 18.3 Å². The van der Waals surface area contributed by atoms with Gasteiger partial charge in [0.25, 0.3) is 10.0 Å². The van der Waals surface area contributed by atoms with Crippen LogP contribution in [0.5, 0.6) is 5.75 Å². The Balaban J connectivity index is 1.58. The zero-order valence-electron chi connectivity index (χ0n) is 16.6. The summed E-state index contributed by atoms with van der Waals surface area (Å²) in [5.41, 5.74) is 0.631. The Morgan fingerprint density at radius 2 is 1.88 bits per heavy atom. The second kappa shape index (κ2) is 9.43. The minimum absolute atomic E-state index is 0.0123. The van der Waals surface area contributed by atoms with Crippen molar-refractivity contribution in [3.05, 3.63) is 42.6 Å². The molecule has 0 saturated carbocycles. The van der Waals surface area contributed by atoms with Crippen molar-refractivity contribution in [3.63, 3.8) is 0 Å². The summed E-state index contributed by atoms with van der Waals surface area (Å²) in [5.74, 6) is 0.509. The van der Waals surface area contributed by atoms with E-state index in [4.69, 9.17) is 14.5 Å². The third-order valence-corrected chi connectivity index (χ3v) is 8.78. The number of benzene rings is 1. The first-order valence-electron chi connectivity index (χ1n) is 8.94. The molecule has 3 rings (SSSR count). The minimum atomic E-state index is -4.52. The number of rotatable bonds is 10. The van der Waals surface area contributed by atoms with Crippen LogP contribution in [0.3, 0.4) is 0 Å². The molecule has 15 heteroatoms. The van der Waals surface area contributed by atoms with E-state index in [1.807, 2.05) is 4.72 Å². The SMILES string of the molecule is CS(=O)(=O)c1ccc(NCCOc2ccc3sc(S(=O)(=O)NCP(=O)(O)O)cc3c2)cn1. The molecule has 174 valence electrons. The fraction of sp³-hybridized carbons (Fsp3) is 0.235. The fourth-order valence-electron chi connectivity index (χ4n) is 2.53. The summed E-state index contributed by atoms with van der Waals surface area (Å²) in [6.45, 7) is 0.686.